The van der Waals surface area contributed by atoms with Crippen molar-refractivity contribution >= 4 is 11.6 Å². The molecule has 0 aliphatic carbocycles. The molecule has 1 aromatic rings. The largest absolute Gasteiger partial charge is 0.389 e. The molecule has 1 amide bonds. The number of hydrogen-bond donors (Lipinski definition) is 1. The monoisotopic (exact) mass is 264 g/mol. The second-order valence-electron chi connectivity index (χ2n) is 4.69. The normalized spacial score (nSPS) is 12.1. The molecule has 0 spiro atoms. The summed E-state index contributed by atoms with van der Waals surface area (Å²) in [5.74, 6) is 0.132. The summed E-state index contributed by atoms with van der Waals surface area (Å²) in [6.07, 6.45) is -0.461. The van der Waals surface area contributed by atoms with Crippen molar-refractivity contribution in [1.82, 2.24) is 4.90 Å². The van der Waals surface area contributed by atoms with Crippen molar-refractivity contribution in [1.29, 1.82) is 0 Å². The molecule has 0 radical (unpaired) electrons. The number of amides is 1. The Balaban J connectivity index is 2.67. The molecular formula is C15H24N2O2. The van der Waals surface area contributed by atoms with Gasteiger partial charge in [0, 0.05) is 25.8 Å². The van der Waals surface area contributed by atoms with Gasteiger partial charge < -0.3 is 14.9 Å². The van der Waals surface area contributed by atoms with E-state index in [0.29, 0.717) is 6.54 Å². The Labute approximate surface area is 115 Å². The van der Waals surface area contributed by atoms with Crippen LogP contribution in [0.4, 0.5) is 5.69 Å². The fourth-order valence-corrected chi connectivity index (χ4v) is 1.98. The molecule has 1 atom stereocenters. The predicted octanol–water partition coefficient (Wildman–Crippen LogP) is 2.04. The highest BCUT2D eigenvalue weighted by Gasteiger charge is 2.12. The number of aliphatic hydroxyl groups is 1. The van der Waals surface area contributed by atoms with Gasteiger partial charge >= 0.3 is 0 Å². The van der Waals surface area contributed by atoms with E-state index in [-0.39, 0.29) is 5.91 Å². The molecule has 0 saturated carbocycles. The molecule has 0 heterocycles. The smallest absolute Gasteiger partial charge is 0.242 e. The molecule has 0 aliphatic rings. The number of carbonyl (C=O) groups excluding carboxylic acids is 1. The lowest BCUT2D eigenvalue weighted by Crippen LogP contribution is -2.38. The van der Waals surface area contributed by atoms with Gasteiger partial charge in [-0.1, -0.05) is 12.1 Å². The second-order valence-corrected chi connectivity index (χ2v) is 4.69. The SMILES string of the molecule is CCN(CC)C(=O)CN(C)c1ccc([C@@H](C)O)cc1. The Morgan fingerprint density at radius 1 is 1.21 bits per heavy atom. The molecule has 4 heteroatoms. The molecule has 0 unspecified atom stereocenters. The maximum Gasteiger partial charge on any atom is 0.242 e. The topological polar surface area (TPSA) is 43.8 Å². The van der Waals surface area contributed by atoms with Gasteiger partial charge in [0.1, 0.15) is 0 Å². The molecule has 0 saturated heterocycles. The highest BCUT2D eigenvalue weighted by Crippen LogP contribution is 2.18. The summed E-state index contributed by atoms with van der Waals surface area (Å²) in [5, 5.41) is 9.46. The predicted molar refractivity (Wildman–Crippen MR) is 78.3 cm³/mol. The highest BCUT2D eigenvalue weighted by molar-refractivity contribution is 5.81. The summed E-state index contributed by atoms with van der Waals surface area (Å²) in [6, 6.07) is 7.63. The average molecular weight is 264 g/mol. The molecule has 4 nitrogen and oxygen atoms in total. The van der Waals surface area contributed by atoms with E-state index in [4.69, 9.17) is 0 Å². The first kappa shape index (κ1) is 15.5. The Kier molecular flexibility index (Phi) is 5.83. The van der Waals surface area contributed by atoms with E-state index >= 15 is 0 Å². The first-order valence-electron chi connectivity index (χ1n) is 6.76. The fraction of sp³-hybridized carbons (Fsp3) is 0.533. The van der Waals surface area contributed by atoms with Gasteiger partial charge in [0.2, 0.25) is 5.91 Å². The van der Waals surface area contributed by atoms with Gasteiger partial charge in [-0.25, -0.2) is 0 Å². The van der Waals surface area contributed by atoms with Crippen LogP contribution in [-0.2, 0) is 4.79 Å². The molecule has 19 heavy (non-hydrogen) atoms. The van der Waals surface area contributed by atoms with Crippen molar-refractivity contribution in [2.45, 2.75) is 26.9 Å². The zero-order chi connectivity index (χ0) is 14.4. The maximum absolute atomic E-state index is 12.0. The van der Waals surface area contributed by atoms with Crippen molar-refractivity contribution in [3.05, 3.63) is 29.8 Å². The van der Waals surface area contributed by atoms with Crippen LogP contribution >= 0.6 is 0 Å². The molecule has 106 valence electrons. The van der Waals surface area contributed by atoms with E-state index in [2.05, 4.69) is 0 Å². The van der Waals surface area contributed by atoms with Gasteiger partial charge in [0.25, 0.3) is 0 Å². The first-order chi connectivity index (χ1) is 8.99. The van der Waals surface area contributed by atoms with Gasteiger partial charge in [-0.3, -0.25) is 4.79 Å². The molecule has 0 bridgehead atoms. The number of aliphatic hydroxyl groups excluding tert-OH is 1. The standard InChI is InChI=1S/C15H24N2O2/c1-5-17(6-2)15(19)11-16(4)14-9-7-13(8-10-14)12(3)18/h7-10,12,18H,5-6,11H2,1-4H3/t12-/m1/s1. The minimum Gasteiger partial charge on any atom is -0.389 e. The Hall–Kier alpha value is -1.55. The van der Waals surface area contributed by atoms with Gasteiger partial charge in [-0.15, -0.1) is 0 Å². The number of nitrogens with zero attached hydrogens (tertiary/aromatic N) is 2. The maximum atomic E-state index is 12.0. The van der Waals surface area contributed by atoms with Crippen molar-refractivity contribution in [2.75, 3.05) is 31.6 Å². The minimum absolute atomic E-state index is 0.132. The van der Waals surface area contributed by atoms with E-state index in [1.54, 1.807) is 6.92 Å². The fourth-order valence-electron chi connectivity index (χ4n) is 1.98. The third-order valence-electron chi connectivity index (χ3n) is 3.30. The van der Waals surface area contributed by atoms with Gasteiger partial charge in [-0.2, -0.15) is 0 Å². The van der Waals surface area contributed by atoms with Crippen LogP contribution in [0.5, 0.6) is 0 Å². The summed E-state index contributed by atoms with van der Waals surface area (Å²) in [6.45, 7) is 7.56. The minimum atomic E-state index is -0.461. The van der Waals surface area contributed by atoms with Crippen molar-refractivity contribution < 1.29 is 9.90 Å². The number of likely N-dealkylation sites (N-methyl/N-ethyl adjacent to an activating group) is 2. The van der Waals surface area contributed by atoms with Crippen molar-refractivity contribution in [2.24, 2.45) is 0 Å². The number of benzene rings is 1. The van der Waals surface area contributed by atoms with E-state index in [1.807, 2.05) is 55.0 Å². The Bertz CT molecular complexity index is 397. The molecule has 1 N–H and O–H groups in total. The lowest BCUT2D eigenvalue weighted by Gasteiger charge is -2.24. The zero-order valence-electron chi connectivity index (χ0n) is 12.3. The van der Waals surface area contributed by atoms with Crippen LogP contribution in [-0.4, -0.2) is 42.6 Å². The zero-order valence-corrected chi connectivity index (χ0v) is 12.3. The lowest BCUT2D eigenvalue weighted by molar-refractivity contribution is -0.129. The van der Waals surface area contributed by atoms with E-state index < -0.39 is 6.10 Å². The second kappa shape index (κ2) is 7.14. The van der Waals surface area contributed by atoms with Crippen molar-refractivity contribution in [3.63, 3.8) is 0 Å². The molecule has 1 aromatic carbocycles. The molecule has 1 rings (SSSR count). The summed E-state index contributed by atoms with van der Waals surface area (Å²) in [5.41, 5.74) is 1.86. The summed E-state index contributed by atoms with van der Waals surface area (Å²) >= 11 is 0. The van der Waals surface area contributed by atoms with Crippen LogP contribution in [0.2, 0.25) is 0 Å². The quantitative estimate of drug-likeness (QED) is 0.855. The first-order valence-corrected chi connectivity index (χ1v) is 6.76. The molecular weight excluding hydrogens is 240 g/mol. The summed E-state index contributed by atoms with van der Waals surface area (Å²) in [7, 11) is 1.90. The Morgan fingerprint density at radius 3 is 2.16 bits per heavy atom. The number of hydrogen-bond acceptors (Lipinski definition) is 3. The van der Waals surface area contributed by atoms with Gasteiger partial charge in [-0.05, 0) is 38.5 Å². The molecule has 0 aromatic heterocycles. The number of anilines is 1. The molecule has 0 fully saturated rings. The van der Waals surface area contributed by atoms with Crippen LogP contribution in [0, 0.1) is 0 Å². The summed E-state index contributed by atoms with van der Waals surface area (Å²) in [4.78, 5) is 15.8. The number of rotatable bonds is 6. The van der Waals surface area contributed by atoms with E-state index in [9.17, 15) is 9.90 Å². The summed E-state index contributed by atoms with van der Waals surface area (Å²) < 4.78 is 0. The van der Waals surface area contributed by atoms with Crippen LogP contribution in [0.3, 0.4) is 0 Å². The van der Waals surface area contributed by atoms with Gasteiger partial charge in [0.15, 0.2) is 0 Å². The third-order valence-corrected chi connectivity index (χ3v) is 3.30. The van der Waals surface area contributed by atoms with E-state index in [0.717, 1.165) is 24.3 Å². The molecule has 0 aliphatic heterocycles. The van der Waals surface area contributed by atoms with Crippen LogP contribution < -0.4 is 4.90 Å². The number of carbonyl (C=O) groups is 1. The Morgan fingerprint density at radius 2 is 1.74 bits per heavy atom. The van der Waals surface area contributed by atoms with Crippen LogP contribution in [0.15, 0.2) is 24.3 Å². The van der Waals surface area contributed by atoms with E-state index in [1.165, 1.54) is 0 Å². The van der Waals surface area contributed by atoms with Crippen LogP contribution in [0.1, 0.15) is 32.4 Å². The average Bonchev–Trinajstić information content (AvgIpc) is 2.40. The third kappa shape index (κ3) is 4.24. The van der Waals surface area contributed by atoms with Crippen molar-refractivity contribution in [3.8, 4) is 0 Å². The van der Waals surface area contributed by atoms with Crippen LogP contribution in [0.25, 0.3) is 0 Å². The highest BCUT2D eigenvalue weighted by atomic mass is 16.3. The van der Waals surface area contributed by atoms with Gasteiger partial charge in [0.05, 0.1) is 12.6 Å². The lowest BCUT2D eigenvalue weighted by atomic mass is 10.1.